The van der Waals surface area contributed by atoms with Crippen LogP contribution in [0.3, 0.4) is 0 Å². The van der Waals surface area contributed by atoms with E-state index in [9.17, 15) is 8.78 Å². The van der Waals surface area contributed by atoms with Crippen LogP contribution < -0.4 is 10.6 Å². The van der Waals surface area contributed by atoms with Crippen molar-refractivity contribution in [3.63, 3.8) is 0 Å². The molecule has 2 aromatic heterocycles. The summed E-state index contributed by atoms with van der Waals surface area (Å²) in [6.45, 7) is 1.43. The second-order valence-electron chi connectivity index (χ2n) is 7.00. The first kappa shape index (κ1) is 19.5. The van der Waals surface area contributed by atoms with E-state index in [0.717, 1.165) is 18.4 Å². The zero-order chi connectivity index (χ0) is 19.1. The Morgan fingerprint density at radius 1 is 1.22 bits per heavy atom. The molecule has 1 fully saturated rings. The second kappa shape index (κ2) is 9.58. The number of aromatic nitrogens is 3. The van der Waals surface area contributed by atoms with Gasteiger partial charge in [-0.3, -0.25) is 4.98 Å². The van der Waals surface area contributed by atoms with Crippen LogP contribution in [-0.2, 0) is 6.67 Å². The maximum Gasteiger partial charge on any atom is 0.224 e. The molecule has 7 heteroatoms. The van der Waals surface area contributed by atoms with Crippen molar-refractivity contribution in [3.8, 4) is 11.3 Å². The highest BCUT2D eigenvalue weighted by Crippen LogP contribution is 2.29. The van der Waals surface area contributed by atoms with Crippen molar-refractivity contribution in [1.29, 1.82) is 0 Å². The quantitative estimate of drug-likeness (QED) is 0.686. The maximum absolute atomic E-state index is 13.5. The standard InChI is InChI=1S/C20H27F2N5/c1-2-15(22)12-24-20-25-13-17(18-10-14(11-21)8-9-23-18)19(27-20)26-16-6-4-3-5-7-16/h8-10,13,15-16H,2-7,11-12H2,1H3,(H2,24,25,26,27). The number of nitrogens with zero attached hydrogens (tertiary/aromatic N) is 3. The zero-order valence-corrected chi connectivity index (χ0v) is 15.7. The molecule has 1 aliphatic rings. The summed E-state index contributed by atoms with van der Waals surface area (Å²) in [6, 6.07) is 3.71. The van der Waals surface area contributed by atoms with Gasteiger partial charge in [0.2, 0.25) is 5.95 Å². The predicted octanol–water partition coefficient (Wildman–Crippen LogP) is 4.91. The molecule has 1 aliphatic carbocycles. The molecule has 0 radical (unpaired) electrons. The molecule has 0 aromatic carbocycles. The van der Waals surface area contributed by atoms with Crippen LogP contribution in [0.1, 0.15) is 51.0 Å². The van der Waals surface area contributed by atoms with E-state index in [1.165, 1.54) is 19.3 Å². The van der Waals surface area contributed by atoms with E-state index >= 15 is 0 Å². The van der Waals surface area contributed by atoms with E-state index in [1.807, 2.05) is 0 Å². The van der Waals surface area contributed by atoms with Crippen molar-refractivity contribution in [1.82, 2.24) is 15.0 Å². The Morgan fingerprint density at radius 2 is 2.04 bits per heavy atom. The highest BCUT2D eigenvalue weighted by atomic mass is 19.1. The monoisotopic (exact) mass is 375 g/mol. The molecule has 0 spiro atoms. The molecule has 0 amide bonds. The topological polar surface area (TPSA) is 62.7 Å². The van der Waals surface area contributed by atoms with Gasteiger partial charge in [-0.2, -0.15) is 4.98 Å². The van der Waals surface area contributed by atoms with Crippen molar-refractivity contribution < 1.29 is 8.78 Å². The molecule has 3 rings (SSSR count). The Labute approximate surface area is 159 Å². The lowest BCUT2D eigenvalue weighted by molar-refractivity contribution is 0.340. The van der Waals surface area contributed by atoms with Crippen LogP contribution in [0.15, 0.2) is 24.5 Å². The summed E-state index contributed by atoms with van der Waals surface area (Å²) in [5.41, 5.74) is 1.93. The van der Waals surface area contributed by atoms with Crippen LogP contribution in [0.4, 0.5) is 20.5 Å². The molecule has 2 aromatic rings. The Bertz CT molecular complexity index is 734. The van der Waals surface area contributed by atoms with Gasteiger partial charge >= 0.3 is 0 Å². The minimum absolute atomic E-state index is 0.175. The zero-order valence-electron chi connectivity index (χ0n) is 15.7. The van der Waals surface area contributed by atoms with Gasteiger partial charge in [-0.15, -0.1) is 0 Å². The molecule has 2 heterocycles. The highest BCUT2D eigenvalue weighted by molar-refractivity contribution is 5.73. The van der Waals surface area contributed by atoms with Crippen LogP contribution >= 0.6 is 0 Å². The van der Waals surface area contributed by atoms with Gasteiger partial charge in [0.15, 0.2) is 0 Å². The summed E-state index contributed by atoms with van der Waals surface area (Å²) in [5, 5.41) is 6.47. The summed E-state index contributed by atoms with van der Waals surface area (Å²) in [4.78, 5) is 13.2. The first-order valence-corrected chi connectivity index (χ1v) is 9.72. The summed E-state index contributed by atoms with van der Waals surface area (Å²) >= 11 is 0. The van der Waals surface area contributed by atoms with Crippen molar-refractivity contribution in [2.75, 3.05) is 17.2 Å². The Kier molecular flexibility index (Phi) is 6.90. The third-order valence-corrected chi connectivity index (χ3v) is 4.91. The molecule has 27 heavy (non-hydrogen) atoms. The van der Waals surface area contributed by atoms with E-state index in [4.69, 9.17) is 0 Å². The molecular weight excluding hydrogens is 348 g/mol. The number of alkyl halides is 2. The molecular formula is C20H27F2N5. The number of rotatable bonds is 8. The molecule has 0 saturated heterocycles. The summed E-state index contributed by atoms with van der Waals surface area (Å²) in [5.74, 6) is 1.05. The van der Waals surface area contributed by atoms with Gasteiger partial charge in [0.1, 0.15) is 18.7 Å². The van der Waals surface area contributed by atoms with Gasteiger partial charge in [-0.05, 0) is 37.0 Å². The van der Waals surface area contributed by atoms with Gasteiger partial charge in [0.25, 0.3) is 0 Å². The van der Waals surface area contributed by atoms with Crippen LogP contribution in [0, 0.1) is 0 Å². The fraction of sp³-hybridized carbons (Fsp3) is 0.550. The first-order chi connectivity index (χ1) is 13.2. The molecule has 146 valence electrons. The van der Waals surface area contributed by atoms with Crippen LogP contribution in [-0.4, -0.2) is 33.7 Å². The van der Waals surface area contributed by atoms with Crippen molar-refractivity contribution in [2.24, 2.45) is 0 Å². The third kappa shape index (κ3) is 5.34. The summed E-state index contributed by atoms with van der Waals surface area (Å²) < 4.78 is 26.6. The number of nitrogens with one attached hydrogen (secondary N) is 2. The Morgan fingerprint density at radius 3 is 2.78 bits per heavy atom. The number of halogens is 2. The molecule has 1 atom stereocenters. The van der Waals surface area contributed by atoms with Crippen molar-refractivity contribution in [3.05, 3.63) is 30.1 Å². The van der Waals surface area contributed by atoms with Gasteiger partial charge < -0.3 is 10.6 Å². The molecule has 0 bridgehead atoms. The fourth-order valence-electron chi connectivity index (χ4n) is 3.26. The van der Waals surface area contributed by atoms with Crippen LogP contribution in [0.2, 0.25) is 0 Å². The second-order valence-corrected chi connectivity index (χ2v) is 7.00. The number of hydrogen-bond donors (Lipinski definition) is 2. The van der Waals surface area contributed by atoms with Crippen molar-refractivity contribution in [2.45, 2.75) is 64.3 Å². The fourth-order valence-corrected chi connectivity index (χ4v) is 3.26. The van der Waals surface area contributed by atoms with Gasteiger partial charge in [0, 0.05) is 25.0 Å². The lowest BCUT2D eigenvalue weighted by atomic mass is 9.95. The maximum atomic E-state index is 13.5. The minimum Gasteiger partial charge on any atom is -0.367 e. The van der Waals surface area contributed by atoms with E-state index < -0.39 is 12.8 Å². The normalized spacial score (nSPS) is 16.1. The Balaban J connectivity index is 1.87. The Hall–Kier alpha value is -2.31. The predicted molar refractivity (Wildman–Crippen MR) is 104 cm³/mol. The molecule has 1 unspecified atom stereocenters. The number of anilines is 2. The lowest BCUT2D eigenvalue weighted by Gasteiger charge is -2.24. The van der Waals surface area contributed by atoms with E-state index in [2.05, 4.69) is 25.6 Å². The molecule has 0 aliphatic heterocycles. The number of hydrogen-bond acceptors (Lipinski definition) is 5. The smallest absolute Gasteiger partial charge is 0.224 e. The third-order valence-electron chi connectivity index (χ3n) is 4.91. The molecule has 5 nitrogen and oxygen atoms in total. The number of pyridine rings is 1. The minimum atomic E-state index is -0.939. The summed E-state index contributed by atoms with van der Waals surface area (Å²) in [6.07, 6.45) is 8.59. The molecule has 2 N–H and O–H groups in total. The average molecular weight is 375 g/mol. The van der Waals surface area contributed by atoms with Crippen LogP contribution in [0.5, 0.6) is 0 Å². The highest BCUT2D eigenvalue weighted by Gasteiger charge is 2.18. The average Bonchev–Trinajstić information content (AvgIpc) is 2.73. The van der Waals surface area contributed by atoms with Gasteiger partial charge in [-0.25, -0.2) is 13.8 Å². The van der Waals surface area contributed by atoms with E-state index in [0.29, 0.717) is 35.5 Å². The first-order valence-electron chi connectivity index (χ1n) is 9.72. The SMILES string of the molecule is CCC(F)CNc1ncc(-c2cc(CF)ccn2)c(NC2CCCCC2)n1. The van der Waals surface area contributed by atoms with E-state index in [-0.39, 0.29) is 6.54 Å². The molecule has 1 saturated carbocycles. The van der Waals surface area contributed by atoms with Gasteiger partial charge in [-0.1, -0.05) is 26.2 Å². The summed E-state index contributed by atoms with van der Waals surface area (Å²) in [7, 11) is 0. The van der Waals surface area contributed by atoms with E-state index in [1.54, 1.807) is 31.5 Å². The lowest BCUT2D eigenvalue weighted by Crippen LogP contribution is -2.24. The van der Waals surface area contributed by atoms with Crippen LogP contribution in [0.25, 0.3) is 11.3 Å². The van der Waals surface area contributed by atoms with Crippen molar-refractivity contribution >= 4 is 11.8 Å². The largest absolute Gasteiger partial charge is 0.367 e. The van der Waals surface area contributed by atoms with Gasteiger partial charge in [0.05, 0.1) is 11.3 Å².